The van der Waals surface area contributed by atoms with Gasteiger partial charge in [0.1, 0.15) is 0 Å². The van der Waals surface area contributed by atoms with Crippen LogP contribution in [0, 0.1) is 5.41 Å². The minimum atomic E-state index is -0.952. The Kier molecular flexibility index (Phi) is 5.00. The van der Waals surface area contributed by atoms with Gasteiger partial charge in [0, 0.05) is 6.04 Å². The molecule has 1 atom stereocenters. The van der Waals surface area contributed by atoms with Crippen molar-refractivity contribution in [1.82, 2.24) is 5.32 Å². The lowest BCUT2D eigenvalue weighted by Crippen LogP contribution is -2.38. The van der Waals surface area contributed by atoms with Crippen LogP contribution in [-0.2, 0) is 4.79 Å². The molecule has 0 aliphatic rings. The fourth-order valence-corrected chi connectivity index (χ4v) is 1.96. The molecule has 0 saturated heterocycles. The number of carboxylic acid groups (broad SMARTS) is 1. The highest BCUT2D eigenvalue weighted by Crippen LogP contribution is 2.22. The van der Waals surface area contributed by atoms with E-state index in [1.54, 1.807) is 0 Å². The number of furan rings is 1. The predicted molar refractivity (Wildman–Crippen MR) is 71.3 cm³/mol. The minimum Gasteiger partial charge on any atom is -0.481 e. The van der Waals surface area contributed by atoms with E-state index in [1.807, 2.05) is 20.8 Å². The van der Waals surface area contributed by atoms with Gasteiger partial charge in [0.05, 0.1) is 6.42 Å². The maximum atomic E-state index is 11.9. The lowest BCUT2D eigenvalue weighted by Gasteiger charge is -2.25. The molecule has 0 saturated carbocycles. The van der Waals surface area contributed by atoms with Gasteiger partial charge in [0.15, 0.2) is 11.0 Å². The summed E-state index contributed by atoms with van der Waals surface area (Å²) in [5, 5.41) is 11.7. The van der Waals surface area contributed by atoms with Gasteiger partial charge in [0.2, 0.25) is 0 Å². The summed E-state index contributed by atoms with van der Waals surface area (Å²) in [6.07, 6.45) is 0.428. The number of carbonyl (C=O) groups excluding carboxylic acids is 1. The first kappa shape index (κ1) is 15.6. The average Bonchev–Trinajstić information content (AvgIpc) is 2.60. The van der Waals surface area contributed by atoms with Gasteiger partial charge in [0.25, 0.3) is 5.91 Å². The highest BCUT2D eigenvalue weighted by atomic mass is 35.5. The first-order valence-corrected chi connectivity index (χ1v) is 6.33. The summed E-state index contributed by atoms with van der Waals surface area (Å²) in [4.78, 5) is 22.7. The van der Waals surface area contributed by atoms with Crippen LogP contribution in [0.15, 0.2) is 16.5 Å². The Morgan fingerprint density at radius 3 is 2.47 bits per heavy atom. The number of amides is 1. The zero-order valence-corrected chi connectivity index (χ0v) is 12.0. The Hall–Kier alpha value is -1.49. The Morgan fingerprint density at radius 2 is 2.05 bits per heavy atom. The van der Waals surface area contributed by atoms with E-state index in [0.29, 0.717) is 6.42 Å². The average molecular weight is 288 g/mol. The van der Waals surface area contributed by atoms with E-state index in [9.17, 15) is 9.59 Å². The maximum Gasteiger partial charge on any atom is 0.305 e. The molecule has 1 amide bonds. The normalized spacial score (nSPS) is 13.1. The second-order valence-corrected chi connectivity index (χ2v) is 6.01. The minimum absolute atomic E-state index is 0.0781. The molecule has 1 unspecified atom stereocenters. The van der Waals surface area contributed by atoms with Crippen molar-refractivity contribution in [1.29, 1.82) is 0 Å². The van der Waals surface area contributed by atoms with Crippen molar-refractivity contribution in [2.24, 2.45) is 5.41 Å². The van der Waals surface area contributed by atoms with Crippen molar-refractivity contribution in [3.05, 3.63) is 23.1 Å². The third kappa shape index (κ3) is 5.79. The second kappa shape index (κ2) is 6.10. The lowest BCUT2D eigenvalue weighted by molar-refractivity contribution is -0.137. The lowest BCUT2D eigenvalue weighted by atomic mass is 9.87. The molecule has 6 heteroatoms. The molecule has 19 heavy (non-hydrogen) atoms. The van der Waals surface area contributed by atoms with Crippen molar-refractivity contribution in [3.8, 4) is 0 Å². The Balaban J connectivity index is 2.71. The van der Waals surface area contributed by atoms with Gasteiger partial charge in [-0.05, 0) is 35.6 Å². The van der Waals surface area contributed by atoms with Crippen LogP contribution in [0.25, 0.3) is 0 Å². The second-order valence-electron chi connectivity index (χ2n) is 5.64. The van der Waals surface area contributed by atoms with Crippen molar-refractivity contribution in [3.63, 3.8) is 0 Å². The molecule has 0 aliphatic heterocycles. The summed E-state index contributed by atoms with van der Waals surface area (Å²) in [6.45, 7) is 5.95. The molecular weight excluding hydrogens is 270 g/mol. The van der Waals surface area contributed by atoms with E-state index in [1.165, 1.54) is 12.1 Å². The predicted octanol–water partition coefficient (Wildman–Crippen LogP) is 2.94. The fourth-order valence-electron chi connectivity index (χ4n) is 1.82. The number of carbonyl (C=O) groups is 2. The van der Waals surface area contributed by atoms with Gasteiger partial charge in [-0.3, -0.25) is 9.59 Å². The first-order valence-electron chi connectivity index (χ1n) is 5.95. The van der Waals surface area contributed by atoms with E-state index in [2.05, 4.69) is 5.32 Å². The van der Waals surface area contributed by atoms with E-state index in [-0.39, 0.29) is 22.8 Å². The highest BCUT2D eigenvalue weighted by Gasteiger charge is 2.24. The zero-order chi connectivity index (χ0) is 14.6. The van der Waals surface area contributed by atoms with Crippen molar-refractivity contribution in [2.45, 2.75) is 39.7 Å². The highest BCUT2D eigenvalue weighted by molar-refractivity contribution is 6.29. The molecule has 5 nitrogen and oxygen atoms in total. The van der Waals surface area contributed by atoms with E-state index < -0.39 is 17.9 Å². The molecule has 1 aromatic rings. The van der Waals surface area contributed by atoms with Crippen molar-refractivity contribution >= 4 is 23.5 Å². The molecule has 1 heterocycles. The van der Waals surface area contributed by atoms with Crippen LogP contribution in [0.4, 0.5) is 0 Å². The summed E-state index contributed by atoms with van der Waals surface area (Å²) < 4.78 is 4.99. The summed E-state index contributed by atoms with van der Waals surface area (Å²) in [7, 11) is 0. The van der Waals surface area contributed by atoms with Crippen LogP contribution < -0.4 is 5.32 Å². The molecule has 0 radical (unpaired) electrons. The number of hydrogen-bond donors (Lipinski definition) is 2. The van der Waals surface area contributed by atoms with Crippen LogP contribution in [0.1, 0.15) is 44.2 Å². The van der Waals surface area contributed by atoms with E-state index >= 15 is 0 Å². The zero-order valence-electron chi connectivity index (χ0n) is 11.2. The van der Waals surface area contributed by atoms with Crippen LogP contribution >= 0.6 is 11.6 Å². The smallest absolute Gasteiger partial charge is 0.305 e. The van der Waals surface area contributed by atoms with Crippen molar-refractivity contribution < 1.29 is 19.1 Å². The van der Waals surface area contributed by atoms with E-state index in [4.69, 9.17) is 21.1 Å². The van der Waals surface area contributed by atoms with Crippen LogP contribution in [-0.4, -0.2) is 23.0 Å². The Bertz CT molecular complexity index is 461. The first-order chi connectivity index (χ1) is 8.67. The summed E-state index contributed by atoms with van der Waals surface area (Å²) >= 11 is 5.59. The van der Waals surface area contributed by atoms with E-state index in [0.717, 1.165) is 0 Å². The summed E-state index contributed by atoms with van der Waals surface area (Å²) in [5.74, 6) is -1.33. The third-order valence-electron chi connectivity index (χ3n) is 2.41. The number of hydrogen-bond acceptors (Lipinski definition) is 3. The number of carboxylic acids is 1. The summed E-state index contributed by atoms with van der Waals surface area (Å²) in [6, 6.07) is 2.47. The number of nitrogens with one attached hydrogen (secondary N) is 1. The molecule has 1 rings (SSSR count). The number of rotatable bonds is 5. The molecule has 106 valence electrons. The van der Waals surface area contributed by atoms with Gasteiger partial charge in [-0.1, -0.05) is 20.8 Å². The molecule has 0 aromatic carbocycles. The quantitative estimate of drug-likeness (QED) is 0.872. The molecule has 2 N–H and O–H groups in total. The standard InChI is InChI=1S/C13H18ClNO4/c1-13(2,3)7-8(6-11(16)17)15-12(18)9-4-5-10(14)19-9/h4-5,8H,6-7H2,1-3H3,(H,15,18)(H,16,17). The molecule has 0 aliphatic carbocycles. The monoisotopic (exact) mass is 287 g/mol. The Morgan fingerprint density at radius 1 is 1.42 bits per heavy atom. The third-order valence-corrected chi connectivity index (χ3v) is 2.62. The van der Waals surface area contributed by atoms with Crippen molar-refractivity contribution in [2.75, 3.05) is 0 Å². The number of aliphatic carboxylic acids is 1. The van der Waals surface area contributed by atoms with Crippen LogP contribution in [0.3, 0.4) is 0 Å². The number of halogens is 1. The van der Waals surface area contributed by atoms with Gasteiger partial charge >= 0.3 is 5.97 Å². The Labute approximate surface area is 116 Å². The molecule has 1 aromatic heterocycles. The largest absolute Gasteiger partial charge is 0.481 e. The molecule has 0 bridgehead atoms. The van der Waals surface area contributed by atoms with Gasteiger partial charge in [-0.25, -0.2) is 0 Å². The molecular formula is C13H18ClNO4. The molecule has 0 fully saturated rings. The van der Waals surface area contributed by atoms with Gasteiger partial charge < -0.3 is 14.8 Å². The SMILES string of the molecule is CC(C)(C)CC(CC(=O)O)NC(=O)c1ccc(Cl)o1. The van der Waals surface area contributed by atoms with Gasteiger partial charge in [-0.15, -0.1) is 0 Å². The topological polar surface area (TPSA) is 79.5 Å². The van der Waals surface area contributed by atoms with Gasteiger partial charge in [-0.2, -0.15) is 0 Å². The fraction of sp³-hybridized carbons (Fsp3) is 0.538. The van der Waals surface area contributed by atoms with Crippen LogP contribution in [0.5, 0.6) is 0 Å². The maximum absolute atomic E-state index is 11.9. The summed E-state index contributed by atoms with van der Waals surface area (Å²) in [5.41, 5.74) is -0.0891. The van der Waals surface area contributed by atoms with Crippen LogP contribution in [0.2, 0.25) is 5.22 Å². The molecule has 0 spiro atoms.